The van der Waals surface area contributed by atoms with Crippen LogP contribution < -0.4 is 10.6 Å². The first-order chi connectivity index (χ1) is 16.9. The Kier molecular flexibility index (Phi) is 8.29. The first-order valence-electron chi connectivity index (χ1n) is 11.4. The van der Waals surface area contributed by atoms with Crippen LogP contribution in [-0.4, -0.2) is 35.6 Å². The van der Waals surface area contributed by atoms with Gasteiger partial charge < -0.3 is 15.7 Å². The smallest absolute Gasteiger partial charge is 0.322 e. The van der Waals surface area contributed by atoms with E-state index in [9.17, 15) is 14.9 Å². The Hall–Kier alpha value is -2.73. The molecule has 0 spiro atoms. The van der Waals surface area contributed by atoms with Crippen LogP contribution in [0.5, 0.6) is 0 Å². The molecule has 0 bridgehead atoms. The van der Waals surface area contributed by atoms with Crippen molar-refractivity contribution in [2.24, 2.45) is 5.41 Å². The molecule has 4 atom stereocenters. The van der Waals surface area contributed by atoms with E-state index in [0.717, 1.165) is 6.07 Å². The van der Waals surface area contributed by atoms with Crippen LogP contribution in [0.3, 0.4) is 0 Å². The van der Waals surface area contributed by atoms with Gasteiger partial charge in [-0.25, -0.2) is 8.78 Å². The summed E-state index contributed by atoms with van der Waals surface area (Å²) in [6.07, 6.45) is 1.04. The van der Waals surface area contributed by atoms with E-state index < -0.39 is 53.5 Å². The lowest BCUT2D eigenvalue weighted by atomic mass is 9.62. The SMILES string of the molecule is CCC(C)(C)C[C@@H]1N[C@@H](C(=O)NCC(=O)O)[C@H](c2cccc(Cl)c2F)[C@@]1(C#N)c1ccc(Cl)cc1F. The lowest BCUT2D eigenvalue weighted by molar-refractivity contribution is -0.138. The molecular weight excluding hydrogens is 511 g/mol. The lowest BCUT2D eigenvalue weighted by Crippen LogP contribution is -2.46. The number of nitrogens with zero attached hydrogens (tertiary/aromatic N) is 1. The molecule has 3 N–H and O–H groups in total. The molecule has 0 radical (unpaired) electrons. The van der Waals surface area contributed by atoms with Crippen LogP contribution in [0, 0.1) is 28.4 Å². The number of halogens is 4. The van der Waals surface area contributed by atoms with Gasteiger partial charge >= 0.3 is 5.97 Å². The van der Waals surface area contributed by atoms with Gasteiger partial charge in [-0.1, -0.05) is 68.6 Å². The molecule has 2 aromatic rings. The molecule has 0 aliphatic carbocycles. The van der Waals surface area contributed by atoms with Gasteiger partial charge in [0.05, 0.1) is 17.1 Å². The summed E-state index contributed by atoms with van der Waals surface area (Å²) in [6, 6.07) is 8.27. The van der Waals surface area contributed by atoms with E-state index in [1.165, 1.54) is 30.3 Å². The van der Waals surface area contributed by atoms with E-state index in [-0.39, 0.29) is 26.6 Å². The second kappa shape index (κ2) is 10.7. The van der Waals surface area contributed by atoms with Crippen LogP contribution in [0.15, 0.2) is 36.4 Å². The highest BCUT2D eigenvalue weighted by molar-refractivity contribution is 6.31. The fourth-order valence-electron chi connectivity index (χ4n) is 4.91. The van der Waals surface area contributed by atoms with E-state index in [1.807, 2.05) is 20.8 Å². The summed E-state index contributed by atoms with van der Waals surface area (Å²) in [5.74, 6) is -4.89. The molecule has 1 aliphatic rings. The number of hydrogen-bond acceptors (Lipinski definition) is 4. The second-order valence-electron chi connectivity index (χ2n) is 9.76. The fourth-order valence-corrected chi connectivity index (χ4v) is 5.25. The van der Waals surface area contributed by atoms with E-state index in [1.54, 1.807) is 0 Å². The summed E-state index contributed by atoms with van der Waals surface area (Å²) in [5.41, 5.74) is -2.21. The number of hydrogen-bond donors (Lipinski definition) is 3. The quantitative estimate of drug-likeness (QED) is 0.430. The summed E-state index contributed by atoms with van der Waals surface area (Å²) in [5, 5.41) is 25.2. The zero-order valence-electron chi connectivity index (χ0n) is 20.0. The van der Waals surface area contributed by atoms with E-state index in [0.29, 0.717) is 12.8 Å². The Balaban J connectivity index is 2.34. The predicted molar refractivity (Wildman–Crippen MR) is 133 cm³/mol. The van der Waals surface area contributed by atoms with Gasteiger partial charge in [0, 0.05) is 22.5 Å². The molecule has 3 rings (SSSR count). The first kappa shape index (κ1) is 27.9. The minimum atomic E-state index is -1.77. The van der Waals surface area contributed by atoms with E-state index in [4.69, 9.17) is 28.3 Å². The maximum Gasteiger partial charge on any atom is 0.322 e. The number of nitrogens with one attached hydrogen (secondary N) is 2. The molecule has 192 valence electrons. The molecule has 0 unspecified atom stereocenters. The van der Waals surface area contributed by atoms with Gasteiger partial charge in [-0.15, -0.1) is 0 Å². The Labute approximate surface area is 218 Å². The highest BCUT2D eigenvalue weighted by Crippen LogP contribution is 2.53. The molecular formula is C26H27Cl2F2N3O3. The van der Waals surface area contributed by atoms with Gasteiger partial charge in [0.1, 0.15) is 23.6 Å². The third kappa shape index (κ3) is 5.19. The third-order valence-corrected chi connectivity index (χ3v) is 7.57. The highest BCUT2D eigenvalue weighted by Gasteiger charge is 2.61. The number of nitriles is 1. The number of rotatable bonds is 8. The summed E-state index contributed by atoms with van der Waals surface area (Å²) in [4.78, 5) is 24.4. The predicted octanol–water partition coefficient (Wildman–Crippen LogP) is 5.18. The van der Waals surface area contributed by atoms with Crippen molar-refractivity contribution in [2.45, 2.75) is 57.0 Å². The van der Waals surface area contributed by atoms with Crippen LogP contribution in [0.25, 0.3) is 0 Å². The number of carbonyl (C=O) groups is 2. The summed E-state index contributed by atoms with van der Waals surface area (Å²) >= 11 is 12.1. The summed E-state index contributed by atoms with van der Waals surface area (Å²) < 4.78 is 31.0. The van der Waals surface area contributed by atoms with E-state index in [2.05, 4.69) is 16.7 Å². The molecule has 1 saturated heterocycles. The van der Waals surface area contributed by atoms with Crippen LogP contribution in [0.1, 0.15) is 50.7 Å². The number of carboxylic acid groups (broad SMARTS) is 1. The van der Waals surface area contributed by atoms with Crippen molar-refractivity contribution in [3.8, 4) is 6.07 Å². The van der Waals surface area contributed by atoms with Crippen LogP contribution in [0.2, 0.25) is 10.0 Å². The third-order valence-electron chi connectivity index (χ3n) is 7.04. The molecule has 36 heavy (non-hydrogen) atoms. The zero-order chi connectivity index (χ0) is 26.8. The average Bonchev–Trinajstić information content (AvgIpc) is 3.13. The minimum Gasteiger partial charge on any atom is -0.480 e. The number of aliphatic carboxylic acids is 1. The van der Waals surface area contributed by atoms with Gasteiger partial charge in [-0.3, -0.25) is 9.59 Å². The number of carboxylic acids is 1. The van der Waals surface area contributed by atoms with Crippen molar-refractivity contribution < 1.29 is 23.5 Å². The fraction of sp³-hybridized carbons (Fsp3) is 0.423. The van der Waals surface area contributed by atoms with Gasteiger partial charge in [0.2, 0.25) is 5.91 Å². The molecule has 1 amide bonds. The summed E-state index contributed by atoms with van der Waals surface area (Å²) in [7, 11) is 0. The van der Waals surface area contributed by atoms with Crippen LogP contribution in [0.4, 0.5) is 8.78 Å². The van der Waals surface area contributed by atoms with Crippen molar-refractivity contribution >= 4 is 35.1 Å². The summed E-state index contributed by atoms with van der Waals surface area (Å²) in [6.45, 7) is 5.24. The van der Waals surface area contributed by atoms with Crippen molar-refractivity contribution in [1.82, 2.24) is 10.6 Å². The monoisotopic (exact) mass is 537 g/mol. The van der Waals surface area contributed by atoms with Gasteiger partial charge in [-0.05, 0) is 35.6 Å². The zero-order valence-corrected chi connectivity index (χ0v) is 21.6. The molecule has 1 fully saturated rings. The minimum absolute atomic E-state index is 0.0447. The van der Waals surface area contributed by atoms with E-state index >= 15 is 8.78 Å². The number of carbonyl (C=O) groups excluding carboxylic acids is 1. The van der Waals surface area contributed by atoms with Gasteiger partial charge in [-0.2, -0.15) is 5.26 Å². The molecule has 0 saturated carbocycles. The molecule has 1 heterocycles. The topological polar surface area (TPSA) is 102 Å². The van der Waals surface area contributed by atoms with Crippen molar-refractivity contribution in [1.29, 1.82) is 5.26 Å². The maximum absolute atomic E-state index is 15.5. The molecule has 6 nitrogen and oxygen atoms in total. The largest absolute Gasteiger partial charge is 0.480 e. The number of benzene rings is 2. The van der Waals surface area contributed by atoms with Crippen LogP contribution >= 0.6 is 23.2 Å². The average molecular weight is 538 g/mol. The Morgan fingerprint density at radius 1 is 1.25 bits per heavy atom. The molecule has 2 aromatic carbocycles. The number of amides is 1. The van der Waals surface area contributed by atoms with Gasteiger partial charge in [0.25, 0.3) is 0 Å². The Bertz CT molecular complexity index is 1220. The first-order valence-corrected chi connectivity index (χ1v) is 12.2. The lowest BCUT2D eigenvalue weighted by Gasteiger charge is -2.38. The normalized spacial score (nSPS) is 23.8. The van der Waals surface area contributed by atoms with Crippen molar-refractivity contribution in [3.63, 3.8) is 0 Å². The standard InChI is InChI=1S/C26H27Cl2F2N3O3/c1-4-25(2,3)11-19-26(13-31,16-9-8-14(27)10-18(16)29)21(15-6-5-7-17(28)22(15)30)23(33-19)24(36)32-12-20(34)35/h5-10,19,21,23,33H,4,11-12H2,1-3H3,(H,32,36)(H,34,35)/t19-,21-,23+,26-/m0/s1. The highest BCUT2D eigenvalue weighted by atomic mass is 35.5. The Morgan fingerprint density at radius 2 is 1.94 bits per heavy atom. The van der Waals surface area contributed by atoms with Gasteiger partial charge in [0.15, 0.2) is 0 Å². The molecule has 1 aliphatic heterocycles. The van der Waals surface area contributed by atoms with Crippen molar-refractivity contribution in [3.05, 3.63) is 69.2 Å². The van der Waals surface area contributed by atoms with Crippen molar-refractivity contribution in [2.75, 3.05) is 6.54 Å². The molecule has 10 heteroatoms. The second-order valence-corrected chi connectivity index (χ2v) is 10.6. The Morgan fingerprint density at radius 3 is 2.53 bits per heavy atom. The van der Waals surface area contributed by atoms with Crippen LogP contribution in [-0.2, 0) is 15.0 Å². The molecule has 0 aromatic heterocycles. The maximum atomic E-state index is 15.5.